The molecule has 0 aromatic heterocycles. The van der Waals surface area contributed by atoms with Crippen molar-refractivity contribution in [2.75, 3.05) is 33.4 Å². The molecular weight excluding hydrogens is 262 g/mol. The summed E-state index contributed by atoms with van der Waals surface area (Å²) in [5.41, 5.74) is 0.808. The summed E-state index contributed by atoms with van der Waals surface area (Å²) in [6, 6.07) is 7.49. The molecule has 106 valence electrons. The van der Waals surface area contributed by atoms with E-state index < -0.39 is 6.10 Å². The minimum atomic E-state index is -0.529. The summed E-state index contributed by atoms with van der Waals surface area (Å²) >= 11 is 6.10. The average molecular weight is 284 g/mol. The molecule has 1 atom stereocenters. The van der Waals surface area contributed by atoms with Gasteiger partial charge in [0.2, 0.25) is 0 Å². The van der Waals surface area contributed by atoms with Gasteiger partial charge in [0, 0.05) is 36.9 Å². The molecule has 3 nitrogen and oxygen atoms in total. The van der Waals surface area contributed by atoms with Gasteiger partial charge in [-0.25, -0.2) is 0 Å². The highest BCUT2D eigenvalue weighted by molar-refractivity contribution is 6.31. The topological polar surface area (TPSA) is 32.7 Å². The molecule has 0 amide bonds. The Morgan fingerprint density at radius 2 is 2.05 bits per heavy atom. The summed E-state index contributed by atoms with van der Waals surface area (Å²) in [7, 11) is 2.05. The first-order valence-corrected chi connectivity index (χ1v) is 7.23. The first-order valence-electron chi connectivity index (χ1n) is 6.85. The number of nitrogens with zero attached hydrogens (tertiary/aromatic N) is 1. The maximum atomic E-state index is 10.3. The van der Waals surface area contributed by atoms with Crippen LogP contribution in [0.15, 0.2) is 24.3 Å². The molecule has 2 rings (SSSR count). The SMILES string of the molecule is CN(CC1CCOCC1)CC(O)c1ccccc1Cl. The summed E-state index contributed by atoms with van der Waals surface area (Å²) in [5, 5.41) is 10.9. The second-order valence-corrected chi connectivity index (χ2v) is 5.72. The minimum Gasteiger partial charge on any atom is -0.387 e. The number of likely N-dealkylation sites (N-methyl/N-ethyl adjacent to an activating group) is 1. The molecule has 1 N–H and O–H groups in total. The molecule has 0 bridgehead atoms. The number of ether oxygens (including phenoxy) is 1. The van der Waals surface area contributed by atoms with Crippen LogP contribution in [-0.4, -0.2) is 43.4 Å². The number of aliphatic hydroxyl groups excluding tert-OH is 1. The molecule has 1 fully saturated rings. The van der Waals surface area contributed by atoms with Gasteiger partial charge in [0.15, 0.2) is 0 Å². The predicted molar refractivity (Wildman–Crippen MR) is 77.5 cm³/mol. The van der Waals surface area contributed by atoms with Crippen LogP contribution in [0.1, 0.15) is 24.5 Å². The molecule has 1 aromatic rings. The molecule has 0 saturated carbocycles. The second-order valence-electron chi connectivity index (χ2n) is 5.31. The first kappa shape index (κ1) is 14.8. The second kappa shape index (κ2) is 7.25. The van der Waals surface area contributed by atoms with Crippen molar-refractivity contribution in [1.29, 1.82) is 0 Å². The van der Waals surface area contributed by atoms with Crippen molar-refractivity contribution in [2.24, 2.45) is 5.92 Å². The monoisotopic (exact) mass is 283 g/mol. The van der Waals surface area contributed by atoms with E-state index in [-0.39, 0.29) is 0 Å². The number of rotatable bonds is 5. The van der Waals surface area contributed by atoms with E-state index in [0.717, 1.165) is 38.2 Å². The van der Waals surface area contributed by atoms with E-state index in [2.05, 4.69) is 11.9 Å². The Labute approximate surface area is 120 Å². The van der Waals surface area contributed by atoms with E-state index in [0.29, 0.717) is 17.5 Å². The summed E-state index contributed by atoms with van der Waals surface area (Å²) < 4.78 is 5.36. The zero-order valence-electron chi connectivity index (χ0n) is 11.4. The summed E-state index contributed by atoms with van der Waals surface area (Å²) in [6.07, 6.45) is 1.71. The van der Waals surface area contributed by atoms with Crippen LogP contribution in [0.3, 0.4) is 0 Å². The van der Waals surface area contributed by atoms with Crippen LogP contribution in [0, 0.1) is 5.92 Å². The van der Waals surface area contributed by atoms with Gasteiger partial charge in [0.05, 0.1) is 6.10 Å². The molecular formula is C15H22ClNO2. The number of aliphatic hydroxyl groups is 1. The van der Waals surface area contributed by atoms with Gasteiger partial charge < -0.3 is 14.7 Å². The van der Waals surface area contributed by atoms with E-state index in [9.17, 15) is 5.11 Å². The Morgan fingerprint density at radius 1 is 1.37 bits per heavy atom. The highest BCUT2D eigenvalue weighted by Crippen LogP contribution is 2.23. The Hall–Kier alpha value is -0.610. The number of benzene rings is 1. The van der Waals surface area contributed by atoms with E-state index in [1.807, 2.05) is 24.3 Å². The Kier molecular flexibility index (Phi) is 5.64. The molecule has 1 aliphatic rings. The number of hydrogen-bond donors (Lipinski definition) is 1. The zero-order valence-corrected chi connectivity index (χ0v) is 12.1. The van der Waals surface area contributed by atoms with Crippen molar-refractivity contribution >= 4 is 11.6 Å². The van der Waals surface area contributed by atoms with Gasteiger partial charge in [-0.3, -0.25) is 0 Å². The van der Waals surface area contributed by atoms with E-state index in [4.69, 9.17) is 16.3 Å². The van der Waals surface area contributed by atoms with E-state index >= 15 is 0 Å². The third-order valence-corrected chi connectivity index (χ3v) is 4.00. The van der Waals surface area contributed by atoms with Gasteiger partial charge in [0.25, 0.3) is 0 Å². The maximum absolute atomic E-state index is 10.3. The van der Waals surface area contributed by atoms with Gasteiger partial charge >= 0.3 is 0 Å². The lowest BCUT2D eigenvalue weighted by Gasteiger charge is -2.28. The molecule has 1 heterocycles. The average Bonchev–Trinajstić information content (AvgIpc) is 2.40. The smallest absolute Gasteiger partial charge is 0.0931 e. The highest BCUT2D eigenvalue weighted by Gasteiger charge is 2.18. The predicted octanol–water partition coefficient (Wildman–Crippen LogP) is 2.73. The fourth-order valence-electron chi connectivity index (χ4n) is 2.58. The minimum absolute atomic E-state index is 0.529. The van der Waals surface area contributed by atoms with Crippen LogP contribution in [0.4, 0.5) is 0 Å². The molecule has 0 spiro atoms. The zero-order chi connectivity index (χ0) is 13.7. The largest absolute Gasteiger partial charge is 0.387 e. The van der Waals surface area contributed by atoms with Crippen LogP contribution >= 0.6 is 11.6 Å². The molecule has 1 unspecified atom stereocenters. The lowest BCUT2D eigenvalue weighted by molar-refractivity contribution is 0.0478. The van der Waals surface area contributed by atoms with Gasteiger partial charge in [-0.2, -0.15) is 0 Å². The highest BCUT2D eigenvalue weighted by atomic mass is 35.5. The van der Waals surface area contributed by atoms with Gasteiger partial charge in [0.1, 0.15) is 0 Å². The summed E-state index contributed by atoms with van der Waals surface area (Å²) in [4.78, 5) is 2.18. The van der Waals surface area contributed by atoms with Crippen molar-refractivity contribution in [1.82, 2.24) is 4.90 Å². The van der Waals surface area contributed by atoms with Crippen molar-refractivity contribution in [3.05, 3.63) is 34.9 Å². The van der Waals surface area contributed by atoms with Gasteiger partial charge in [-0.05, 0) is 31.9 Å². The Balaban J connectivity index is 1.84. The van der Waals surface area contributed by atoms with Crippen LogP contribution in [0.5, 0.6) is 0 Å². The maximum Gasteiger partial charge on any atom is 0.0931 e. The first-order chi connectivity index (χ1) is 9.16. The fourth-order valence-corrected chi connectivity index (χ4v) is 2.84. The summed E-state index contributed by atoms with van der Waals surface area (Å²) in [6.45, 7) is 3.35. The van der Waals surface area contributed by atoms with Crippen molar-refractivity contribution in [2.45, 2.75) is 18.9 Å². The molecule has 0 radical (unpaired) electrons. The van der Waals surface area contributed by atoms with Crippen molar-refractivity contribution in [3.63, 3.8) is 0 Å². The lowest BCUT2D eigenvalue weighted by atomic mass is 9.99. The fraction of sp³-hybridized carbons (Fsp3) is 0.600. The lowest BCUT2D eigenvalue weighted by Crippen LogP contribution is -2.32. The quantitative estimate of drug-likeness (QED) is 0.902. The molecule has 1 saturated heterocycles. The van der Waals surface area contributed by atoms with Crippen molar-refractivity contribution in [3.8, 4) is 0 Å². The van der Waals surface area contributed by atoms with E-state index in [1.165, 1.54) is 0 Å². The van der Waals surface area contributed by atoms with Crippen LogP contribution < -0.4 is 0 Å². The summed E-state index contributed by atoms with van der Waals surface area (Å²) in [5.74, 6) is 0.678. The molecule has 0 aliphatic carbocycles. The Morgan fingerprint density at radius 3 is 2.74 bits per heavy atom. The third-order valence-electron chi connectivity index (χ3n) is 3.66. The third kappa shape index (κ3) is 4.46. The standard InChI is InChI=1S/C15H22ClNO2/c1-17(10-12-6-8-19-9-7-12)11-15(18)13-4-2-3-5-14(13)16/h2-5,12,15,18H,6-11H2,1H3. The van der Waals surface area contributed by atoms with Gasteiger partial charge in [-0.15, -0.1) is 0 Å². The van der Waals surface area contributed by atoms with Crippen LogP contribution in [0.25, 0.3) is 0 Å². The van der Waals surface area contributed by atoms with Crippen LogP contribution in [0.2, 0.25) is 5.02 Å². The molecule has 1 aliphatic heterocycles. The number of hydrogen-bond acceptors (Lipinski definition) is 3. The molecule has 1 aromatic carbocycles. The molecule has 19 heavy (non-hydrogen) atoms. The van der Waals surface area contributed by atoms with Crippen LogP contribution in [-0.2, 0) is 4.74 Å². The molecule has 4 heteroatoms. The normalized spacial score (nSPS) is 18.7. The Bertz CT molecular complexity index is 393. The van der Waals surface area contributed by atoms with Gasteiger partial charge in [-0.1, -0.05) is 29.8 Å². The van der Waals surface area contributed by atoms with Crippen molar-refractivity contribution < 1.29 is 9.84 Å². The van der Waals surface area contributed by atoms with E-state index in [1.54, 1.807) is 0 Å². The number of halogens is 1.